The van der Waals surface area contributed by atoms with Crippen molar-refractivity contribution < 1.29 is 24.5 Å². The van der Waals surface area contributed by atoms with Crippen molar-refractivity contribution in [1.29, 1.82) is 0 Å². The van der Waals surface area contributed by atoms with Gasteiger partial charge in [-0.25, -0.2) is 0 Å². The lowest BCUT2D eigenvalue weighted by Crippen LogP contribution is -2.22. The number of esters is 1. The molecular formula is C29H43NO5. The Hall–Kier alpha value is -2.25. The molecule has 35 heavy (non-hydrogen) atoms. The smallest absolute Gasteiger partial charge is 0.308 e. The van der Waals surface area contributed by atoms with Crippen LogP contribution in [-0.4, -0.2) is 42.5 Å². The summed E-state index contributed by atoms with van der Waals surface area (Å²) >= 11 is 0. The molecule has 6 heteroatoms. The summed E-state index contributed by atoms with van der Waals surface area (Å²) in [4.78, 5) is 11.1. The van der Waals surface area contributed by atoms with Crippen molar-refractivity contribution in [3.8, 4) is 5.75 Å². The minimum absolute atomic E-state index is 0.180. The van der Waals surface area contributed by atoms with Crippen LogP contribution in [0.15, 0.2) is 48.5 Å². The Labute approximate surface area is 210 Å². The highest BCUT2D eigenvalue weighted by Gasteiger charge is 2.19. The summed E-state index contributed by atoms with van der Waals surface area (Å²) in [6.45, 7) is 8.54. The summed E-state index contributed by atoms with van der Waals surface area (Å²) in [5.41, 5.74) is 2.73. The lowest BCUT2D eigenvalue weighted by atomic mass is 9.81. The van der Waals surface area contributed by atoms with Crippen LogP contribution < -0.4 is 10.1 Å². The van der Waals surface area contributed by atoms with Gasteiger partial charge in [0.25, 0.3) is 0 Å². The van der Waals surface area contributed by atoms with E-state index in [0.29, 0.717) is 23.4 Å². The van der Waals surface area contributed by atoms with E-state index in [0.717, 1.165) is 58.3 Å². The fourth-order valence-corrected chi connectivity index (χ4v) is 4.10. The minimum Gasteiger partial charge on any atom is -0.426 e. The molecule has 0 saturated heterocycles. The second kappa shape index (κ2) is 15.7. The van der Waals surface area contributed by atoms with Gasteiger partial charge in [-0.15, -0.1) is 0 Å². The van der Waals surface area contributed by atoms with Crippen molar-refractivity contribution in [3.05, 3.63) is 65.2 Å². The van der Waals surface area contributed by atoms with Crippen LogP contribution in [0.3, 0.4) is 0 Å². The van der Waals surface area contributed by atoms with Crippen molar-refractivity contribution in [2.45, 2.75) is 77.4 Å². The Morgan fingerprint density at radius 1 is 1.00 bits per heavy atom. The van der Waals surface area contributed by atoms with Gasteiger partial charge in [-0.2, -0.15) is 0 Å². The Bertz CT molecular complexity index is 869. The molecule has 2 aromatic carbocycles. The van der Waals surface area contributed by atoms with Gasteiger partial charge in [0.05, 0.1) is 12.7 Å². The first-order valence-corrected chi connectivity index (χ1v) is 12.8. The molecule has 0 bridgehead atoms. The van der Waals surface area contributed by atoms with Crippen LogP contribution in [0.4, 0.5) is 0 Å². The summed E-state index contributed by atoms with van der Waals surface area (Å²) < 4.78 is 10.9. The number of aliphatic hydroxyl groups excluding tert-OH is 2. The molecule has 194 valence electrons. The predicted octanol–water partition coefficient (Wildman–Crippen LogP) is 5.06. The number of carbonyl (C=O) groups is 1. The van der Waals surface area contributed by atoms with Gasteiger partial charge in [-0.3, -0.25) is 4.79 Å². The van der Waals surface area contributed by atoms with E-state index in [1.54, 1.807) is 18.2 Å². The Balaban J connectivity index is 1.49. The lowest BCUT2D eigenvalue weighted by molar-refractivity contribution is -0.131. The summed E-state index contributed by atoms with van der Waals surface area (Å²) in [7, 11) is 0. The van der Waals surface area contributed by atoms with Crippen molar-refractivity contribution in [2.75, 3.05) is 26.3 Å². The molecule has 1 atom stereocenters. The lowest BCUT2D eigenvalue weighted by Gasteiger charge is -2.25. The van der Waals surface area contributed by atoms with Crippen LogP contribution in [0.25, 0.3) is 0 Å². The Kier molecular flexibility index (Phi) is 13.0. The molecule has 0 radical (unpaired) electrons. The van der Waals surface area contributed by atoms with Gasteiger partial charge >= 0.3 is 5.97 Å². The molecule has 1 unspecified atom stereocenters. The third-order valence-electron chi connectivity index (χ3n) is 6.27. The Morgan fingerprint density at radius 2 is 1.71 bits per heavy atom. The van der Waals surface area contributed by atoms with Gasteiger partial charge in [-0.05, 0) is 60.9 Å². The monoisotopic (exact) mass is 485 g/mol. The summed E-state index contributed by atoms with van der Waals surface area (Å²) in [5.74, 6) is -0.118. The number of benzene rings is 2. The van der Waals surface area contributed by atoms with Gasteiger partial charge in [0.1, 0.15) is 5.75 Å². The first-order chi connectivity index (χ1) is 16.8. The number of carbonyl (C=O) groups excluding carboxylic acids is 1. The number of nitrogens with one attached hydrogen (secondary N) is 1. The van der Waals surface area contributed by atoms with Gasteiger partial charge < -0.3 is 25.0 Å². The maximum atomic E-state index is 11.1. The molecule has 0 saturated carbocycles. The van der Waals surface area contributed by atoms with Crippen LogP contribution in [0, 0.1) is 0 Å². The number of ether oxygens (including phenoxy) is 2. The molecule has 0 heterocycles. The molecule has 2 aromatic rings. The molecule has 6 nitrogen and oxygen atoms in total. The van der Waals surface area contributed by atoms with Crippen LogP contribution in [0.5, 0.6) is 5.75 Å². The zero-order chi connectivity index (χ0) is 25.5. The van der Waals surface area contributed by atoms with Crippen molar-refractivity contribution in [1.82, 2.24) is 5.32 Å². The molecule has 0 amide bonds. The average Bonchev–Trinajstić information content (AvgIpc) is 2.85. The fourth-order valence-electron chi connectivity index (χ4n) is 4.10. The number of hydrogen-bond acceptors (Lipinski definition) is 6. The molecule has 3 N–H and O–H groups in total. The van der Waals surface area contributed by atoms with Gasteiger partial charge in [0, 0.05) is 32.2 Å². The molecule has 0 spiro atoms. The first kappa shape index (κ1) is 29.0. The van der Waals surface area contributed by atoms with Gasteiger partial charge in [-0.1, -0.05) is 63.1 Å². The highest BCUT2D eigenvalue weighted by Crippen LogP contribution is 2.28. The number of hydrogen-bond donors (Lipinski definition) is 3. The highest BCUT2D eigenvalue weighted by atomic mass is 16.5. The third-order valence-corrected chi connectivity index (χ3v) is 6.27. The summed E-state index contributed by atoms with van der Waals surface area (Å²) in [5, 5.41) is 23.2. The quantitative estimate of drug-likeness (QED) is 0.165. The van der Waals surface area contributed by atoms with Crippen molar-refractivity contribution in [3.63, 3.8) is 0 Å². The standard InChI is InChI=1S/C29H43NO5/c1-23(32)35-28-15-14-24(20-25(28)22-31)27(33)21-30-17-9-4-5-10-18-34-19-11-16-29(2,3)26-12-7-6-8-13-26/h6-8,12-15,20,27,30-31,33H,4-5,9-11,16-19,21-22H2,1-3H3. The minimum atomic E-state index is -0.688. The third kappa shape index (κ3) is 10.9. The largest absolute Gasteiger partial charge is 0.426 e. The van der Waals surface area contributed by atoms with Gasteiger partial charge in [0.2, 0.25) is 0 Å². The number of unbranched alkanes of at least 4 members (excludes halogenated alkanes) is 3. The molecule has 0 aliphatic carbocycles. The number of aliphatic hydroxyl groups is 2. The van der Waals surface area contributed by atoms with Crippen LogP contribution >= 0.6 is 0 Å². The average molecular weight is 486 g/mol. The topological polar surface area (TPSA) is 88.0 Å². The molecule has 0 fully saturated rings. The predicted molar refractivity (Wildman–Crippen MR) is 139 cm³/mol. The van der Waals surface area contributed by atoms with Gasteiger partial charge in [0.15, 0.2) is 0 Å². The number of rotatable bonds is 17. The van der Waals surface area contributed by atoms with E-state index in [-0.39, 0.29) is 12.0 Å². The summed E-state index contributed by atoms with van der Waals surface area (Å²) in [6.07, 6.45) is 5.88. The van der Waals surface area contributed by atoms with Crippen molar-refractivity contribution in [2.24, 2.45) is 0 Å². The maximum Gasteiger partial charge on any atom is 0.308 e. The normalized spacial score (nSPS) is 12.5. The maximum absolute atomic E-state index is 11.1. The molecule has 0 aromatic heterocycles. The SMILES string of the molecule is CC(=O)Oc1ccc(C(O)CNCCCCCCOCCCC(C)(C)c2ccccc2)cc1CO. The second-order valence-electron chi connectivity index (χ2n) is 9.72. The van der Waals surface area contributed by atoms with E-state index < -0.39 is 12.1 Å². The molecule has 2 rings (SSSR count). The fraction of sp³-hybridized carbons (Fsp3) is 0.552. The van der Waals surface area contributed by atoms with E-state index in [1.165, 1.54) is 12.5 Å². The first-order valence-electron chi connectivity index (χ1n) is 12.8. The van der Waals surface area contributed by atoms with Crippen LogP contribution in [0.2, 0.25) is 0 Å². The van der Waals surface area contributed by atoms with E-state index in [4.69, 9.17) is 9.47 Å². The van der Waals surface area contributed by atoms with E-state index in [9.17, 15) is 15.0 Å². The van der Waals surface area contributed by atoms with Crippen LogP contribution in [0.1, 0.15) is 82.1 Å². The van der Waals surface area contributed by atoms with E-state index in [1.807, 2.05) is 0 Å². The van der Waals surface area contributed by atoms with Crippen LogP contribution in [-0.2, 0) is 21.6 Å². The Morgan fingerprint density at radius 3 is 2.43 bits per heavy atom. The van der Waals surface area contributed by atoms with Crippen molar-refractivity contribution >= 4 is 5.97 Å². The van der Waals surface area contributed by atoms with E-state index in [2.05, 4.69) is 49.5 Å². The molecule has 0 aliphatic rings. The highest BCUT2D eigenvalue weighted by molar-refractivity contribution is 5.69. The zero-order valence-corrected chi connectivity index (χ0v) is 21.6. The van der Waals surface area contributed by atoms with E-state index >= 15 is 0 Å². The second-order valence-corrected chi connectivity index (χ2v) is 9.72. The molecular weight excluding hydrogens is 442 g/mol. The summed E-state index contributed by atoms with van der Waals surface area (Å²) in [6, 6.07) is 15.7. The zero-order valence-electron chi connectivity index (χ0n) is 21.6. The molecule has 0 aliphatic heterocycles.